The van der Waals surface area contributed by atoms with Crippen LogP contribution in [0.15, 0.2) is 46.9 Å². The quantitative estimate of drug-likeness (QED) is 0.788. The molecule has 4 heteroatoms. The summed E-state index contributed by atoms with van der Waals surface area (Å²) in [7, 11) is 0. The highest BCUT2D eigenvalue weighted by atomic mass is 79.9. The Labute approximate surface area is 99.8 Å². The van der Waals surface area contributed by atoms with Gasteiger partial charge in [0, 0.05) is 4.47 Å². The zero-order chi connectivity index (χ0) is 11.5. The molecule has 2 rings (SSSR count). The summed E-state index contributed by atoms with van der Waals surface area (Å²) < 4.78 is 32.2. The number of ether oxygens (including phenoxy) is 1. The van der Waals surface area contributed by atoms with Crippen LogP contribution in [0, 0.1) is 11.6 Å². The van der Waals surface area contributed by atoms with E-state index in [1.165, 1.54) is 12.1 Å². The van der Waals surface area contributed by atoms with Crippen LogP contribution in [0.1, 0.15) is 0 Å². The van der Waals surface area contributed by atoms with Crippen molar-refractivity contribution in [2.75, 3.05) is 0 Å². The molecule has 0 saturated heterocycles. The molecule has 16 heavy (non-hydrogen) atoms. The first kappa shape index (κ1) is 11.1. The second-order valence-electron chi connectivity index (χ2n) is 3.11. The Hall–Kier alpha value is -1.42. The molecule has 0 saturated carbocycles. The van der Waals surface area contributed by atoms with Gasteiger partial charge in [0.15, 0.2) is 11.6 Å². The van der Waals surface area contributed by atoms with Crippen molar-refractivity contribution in [3.63, 3.8) is 0 Å². The van der Waals surface area contributed by atoms with Crippen molar-refractivity contribution in [3.8, 4) is 11.5 Å². The molecular formula is C12H7BrF2O. The molecule has 0 amide bonds. The summed E-state index contributed by atoms with van der Waals surface area (Å²) in [5, 5.41) is 0. The van der Waals surface area contributed by atoms with E-state index in [4.69, 9.17) is 4.74 Å². The molecule has 0 aliphatic rings. The van der Waals surface area contributed by atoms with Gasteiger partial charge in [0.05, 0.1) is 0 Å². The maximum atomic E-state index is 13.3. The summed E-state index contributed by atoms with van der Waals surface area (Å²) >= 11 is 3.27. The van der Waals surface area contributed by atoms with Gasteiger partial charge < -0.3 is 4.74 Å². The van der Waals surface area contributed by atoms with Crippen LogP contribution in [-0.2, 0) is 0 Å². The molecule has 0 aromatic heterocycles. The summed E-state index contributed by atoms with van der Waals surface area (Å²) in [5.41, 5.74) is 0. The summed E-state index contributed by atoms with van der Waals surface area (Å²) in [6, 6.07) is 10.7. The Kier molecular flexibility index (Phi) is 3.19. The van der Waals surface area contributed by atoms with E-state index in [1.54, 1.807) is 24.3 Å². The van der Waals surface area contributed by atoms with E-state index in [0.29, 0.717) is 5.75 Å². The first-order valence-electron chi connectivity index (χ1n) is 4.54. The second-order valence-corrected chi connectivity index (χ2v) is 4.02. The number of hydrogen-bond donors (Lipinski definition) is 0. The summed E-state index contributed by atoms with van der Waals surface area (Å²) in [5.74, 6) is -1.57. The summed E-state index contributed by atoms with van der Waals surface area (Å²) in [4.78, 5) is 0. The van der Waals surface area contributed by atoms with Gasteiger partial charge in [0.2, 0.25) is 5.82 Å². The topological polar surface area (TPSA) is 9.23 Å². The molecule has 0 atom stereocenters. The van der Waals surface area contributed by atoms with Gasteiger partial charge in [-0.2, -0.15) is 4.39 Å². The highest BCUT2D eigenvalue weighted by Gasteiger charge is 2.09. The Morgan fingerprint density at radius 2 is 1.62 bits per heavy atom. The SMILES string of the molecule is Fc1cccc(Oc2ccc(Br)cc2)c1F. The fraction of sp³-hybridized carbons (Fsp3) is 0. The monoisotopic (exact) mass is 284 g/mol. The van der Waals surface area contributed by atoms with Gasteiger partial charge >= 0.3 is 0 Å². The Balaban J connectivity index is 2.27. The lowest BCUT2D eigenvalue weighted by atomic mass is 10.3. The molecule has 0 heterocycles. The molecule has 2 aromatic rings. The number of hydrogen-bond acceptors (Lipinski definition) is 1. The normalized spacial score (nSPS) is 10.2. The van der Waals surface area contributed by atoms with Gasteiger partial charge in [0.25, 0.3) is 0 Å². The average Bonchev–Trinajstić information content (AvgIpc) is 2.28. The van der Waals surface area contributed by atoms with Crippen molar-refractivity contribution in [2.45, 2.75) is 0 Å². The van der Waals surface area contributed by atoms with E-state index in [9.17, 15) is 8.78 Å². The number of halogens is 3. The standard InChI is InChI=1S/C12H7BrF2O/c13-8-4-6-9(7-5-8)16-11-3-1-2-10(14)12(11)15/h1-7H. The third-order valence-electron chi connectivity index (χ3n) is 1.96. The molecule has 0 unspecified atom stereocenters. The largest absolute Gasteiger partial charge is 0.454 e. The number of rotatable bonds is 2. The molecule has 82 valence electrons. The van der Waals surface area contributed by atoms with E-state index in [1.807, 2.05) is 0 Å². The third kappa shape index (κ3) is 2.39. The molecule has 0 N–H and O–H groups in total. The summed E-state index contributed by atoms with van der Waals surface area (Å²) in [6.07, 6.45) is 0. The Bertz CT molecular complexity index is 497. The minimum absolute atomic E-state index is 0.123. The highest BCUT2D eigenvalue weighted by Crippen LogP contribution is 2.26. The maximum Gasteiger partial charge on any atom is 0.201 e. The first-order chi connectivity index (χ1) is 7.66. The minimum Gasteiger partial charge on any atom is -0.454 e. The van der Waals surface area contributed by atoms with Gasteiger partial charge in [-0.15, -0.1) is 0 Å². The van der Waals surface area contributed by atoms with Crippen molar-refractivity contribution in [3.05, 3.63) is 58.6 Å². The second kappa shape index (κ2) is 4.61. The fourth-order valence-corrected chi connectivity index (χ4v) is 1.46. The van der Waals surface area contributed by atoms with Crippen molar-refractivity contribution in [1.82, 2.24) is 0 Å². The van der Waals surface area contributed by atoms with Crippen LogP contribution in [0.3, 0.4) is 0 Å². The average molecular weight is 285 g/mol. The third-order valence-corrected chi connectivity index (χ3v) is 2.49. The van der Waals surface area contributed by atoms with Crippen molar-refractivity contribution in [1.29, 1.82) is 0 Å². The Morgan fingerprint density at radius 1 is 0.938 bits per heavy atom. The van der Waals surface area contributed by atoms with E-state index >= 15 is 0 Å². The lowest BCUT2D eigenvalue weighted by molar-refractivity contribution is 0.416. The van der Waals surface area contributed by atoms with E-state index < -0.39 is 11.6 Å². The minimum atomic E-state index is -0.981. The van der Waals surface area contributed by atoms with Gasteiger partial charge in [-0.05, 0) is 36.4 Å². The molecule has 0 aliphatic carbocycles. The number of benzene rings is 2. The lowest BCUT2D eigenvalue weighted by Crippen LogP contribution is -1.91. The van der Waals surface area contributed by atoms with Crippen LogP contribution in [0.4, 0.5) is 8.78 Å². The van der Waals surface area contributed by atoms with E-state index in [0.717, 1.165) is 10.5 Å². The van der Waals surface area contributed by atoms with Gasteiger partial charge in [-0.1, -0.05) is 22.0 Å². The van der Waals surface area contributed by atoms with Crippen LogP contribution in [0.5, 0.6) is 11.5 Å². The fourth-order valence-electron chi connectivity index (χ4n) is 1.19. The zero-order valence-corrected chi connectivity index (χ0v) is 9.67. The highest BCUT2D eigenvalue weighted by molar-refractivity contribution is 9.10. The molecule has 2 aromatic carbocycles. The van der Waals surface area contributed by atoms with Gasteiger partial charge in [-0.25, -0.2) is 4.39 Å². The van der Waals surface area contributed by atoms with Crippen LogP contribution >= 0.6 is 15.9 Å². The van der Waals surface area contributed by atoms with Crippen LogP contribution < -0.4 is 4.74 Å². The smallest absolute Gasteiger partial charge is 0.201 e. The predicted octanol–water partition coefficient (Wildman–Crippen LogP) is 4.52. The Morgan fingerprint density at radius 3 is 2.31 bits per heavy atom. The molecular weight excluding hydrogens is 278 g/mol. The van der Waals surface area contributed by atoms with Crippen molar-refractivity contribution >= 4 is 15.9 Å². The van der Waals surface area contributed by atoms with E-state index in [-0.39, 0.29) is 5.75 Å². The van der Waals surface area contributed by atoms with Gasteiger partial charge in [0.1, 0.15) is 5.75 Å². The molecule has 0 spiro atoms. The van der Waals surface area contributed by atoms with E-state index in [2.05, 4.69) is 15.9 Å². The molecule has 0 aliphatic heterocycles. The van der Waals surface area contributed by atoms with Crippen LogP contribution in [0.25, 0.3) is 0 Å². The maximum absolute atomic E-state index is 13.3. The van der Waals surface area contributed by atoms with Crippen LogP contribution in [0.2, 0.25) is 0 Å². The zero-order valence-electron chi connectivity index (χ0n) is 8.08. The first-order valence-corrected chi connectivity index (χ1v) is 5.33. The molecule has 0 bridgehead atoms. The van der Waals surface area contributed by atoms with Crippen molar-refractivity contribution in [2.24, 2.45) is 0 Å². The van der Waals surface area contributed by atoms with Crippen LogP contribution in [-0.4, -0.2) is 0 Å². The molecule has 0 fully saturated rings. The lowest BCUT2D eigenvalue weighted by Gasteiger charge is -2.06. The predicted molar refractivity (Wildman–Crippen MR) is 60.6 cm³/mol. The van der Waals surface area contributed by atoms with Crippen molar-refractivity contribution < 1.29 is 13.5 Å². The molecule has 0 radical (unpaired) electrons. The summed E-state index contributed by atoms with van der Waals surface area (Å²) in [6.45, 7) is 0. The molecule has 1 nitrogen and oxygen atoms in total. The van der Waals surface area contributed by atoms with Gasteiger partial charge in [-0.3, -0.25) is 0 Å².